The quantitative estimate of drug-likeness (QED) is 0.155. The summed E-state index contributed by atoms with van der Waals surface area (Å²) in [7, 11) is 0. The Hall–Kier alpha value is 1.09. The third-order valence-corrected chi connectivity index (χ3v) is 6.22. The largest absolute Gasteiger partial charge is 0.346 e. The van der Waals surface area contributed by atoms with Crippen molar-refractivity contribution in [2.24, 2.45) is 23.2 Å². The molecular weight excluding hydrogens is 543 g/mol. The molecule has 0 N–H and O–H groups in total. The van der Waals surface area contributed by atoms with Crippen molar-refractivity contribution in [1.82, 2.24) is 0 Å². The first kappa shape index (κ1) is 32.7. The molecule has 0 aliphatic heterocycles. The van der Waals surface area contributed by atoms with Crippen LogP contribution >= 0.6 is 0 Å². The van der Waals surface area contributed by atoms with Gasteiger partial charge in [0.15, 0.2) is 0 Å². The minimum absolute atomic E-state index is 0. The van der Waals surface area contributed by atoms with Crippen LogP contribution in [0.15, 0.2) is 0 Å². The molecule has 0 aromatic rings. The maximum absolute atomic E-state index is 3.25. The van der Waals surface area contributed by atoms with E-state index in [2.05, 4.69) is 61.8 Å². The van der Waals surface area contributed by atoms with Gasteiger partial charge in [0.2, 0.25) is 0 Å². The molecule has 0 spiro atoms. The normalized spacial score (nSPS) is 16.3. The van der Waals surface area contributed by atoms with Crippen molar-refractivity contribution in [2.45, 2.75) is 132 Å². The van der Waals surface area contributed by atoms with E-state index in [1.165, 1.54) is 77.0 Å². The Labute approximate surface area is 200 Å². The molecule has 1 heteroatoms. The molecule has 163 valence electrons. The third kappa shape index (κ3) is 16.6. The van der Waals surface area contributed by atoms with Crippen LogP contribution in [-0.2, 0) is 0 Å². The smallest absolute Gasteiger partial charge is 0 e. The van der Waals surface area contributed by atoms with Gasteiger partial charge in [-0.25, -0.2) is 0 Å². The Morgan fingerprint density at radius 2 is 1.37 bits per heavy atom. The van der Waals surface area contributed by atoms with Crippen molar-refractivity contribution in [1.29, 1.82) is 0 Å². The van der Waals surface area contributed by atoms with Gasteiger partial charge in [0.05, 0.1) is 0 Å². The van der Waals surface area contributed by atoms with E-state index in [1.54, 1.807) is 6.92 Å². The molecule has 0 saturated carbocycles. The summed E-state index contributed by atoms with van der Waals surface area (Å²) in [6, 6.07) is 0. The van der Waals surface area contributed by atoms with E-state index in [4.69, 9.17) is 0 Å². The molecule has 4 atom stereocenters. The Morgan fingerprint density at radius 3 is 1.81 bits per heavy atom. The topological polar surface area (TPSA) is 0 Å². The van der Waals surface area contributed by atoms with E-state index < -0.39 is 0 Å². The van der Waals surface area contributed by atoms with E-state index in [0.29, 0.717) is 5.41 Å². The predicted molar refractivity (Wildman–Crippen MR) is 123 cm³/mol. The molecule has 0 fully saturated rings. The Morgan fingerprint density at radius 1 is 0.815 bits per heavy atom. The summed E-state index contributed by atoms with van der Waals surface area (Å²) < 4.78 is 0. The predicted octanol–water partition coefficient (Wildman–Crippen LogP) is 9.69. The first-order chi connectivity index (χ1) is 12.4. The van der Waals surface area contributed by atoms with Gasteiger partial charge in [-0.2, -0.15) is 20.3 Å². The maximum Gasteiger partial charge on any atom is 0 e. The fourth-order valence-electron chi connectivity index (χ4n) is 4.89. The number of hydrogen-bond donors (Lipinski definition) is 0. The molecule has 0 bridgehead atoms. The standard InChI is InChI=1S/C24H49.C2H5.Pa/c1-8-12-15-21(5)20-22(6)16-13-17-23(14-9-2)24(7,18-10-3)19-11-4;1-2;/h10,21-23H,8-9,11-20H2,1-7H3;1H2,2H3;/q2*-1;. The van der Waals surface area contributed by atoms with Gasteiger partial charge in [-0.05, 0) is 24.2 Å². The van der Waals surface area contributed by atoms with Crippen LogP contribution in [0.5, 0.6) is 0 Å². The Bertz CT molecular complexity index is 267. The number of rotatable bonds is 16. The summed E-state index contributed by atoms with van der Waals surface area (Å²) in [6.45, 7) is 21.8. The van der Waals surface area contributed by atoms with E-state index in [0.717, 1.165) is 17.8 Å². The summed E-state index contributed by atoms with van der Waals surface area (Å²) in [5, 5.41) is 0. The van der Waals surface area contributed by atoms with Crippen LogP contribution in [0.25, 0.3) is 0 Å². The summed E-state index contributed by atoms with van der Waals surface area (Å²) in [5.74, 6) is 2.75. The van der Waals surface area contributed by atoms with Gasteiger partial charge in [0.25, 0.3) is 0 Å². The zero-order chi connectivity index (χ0) is 20.4. The monoisotopic (exact) mass is 597 g/mol. The molecule has 27 heavy (non-hydrogen) atoms. The molecule has 0 aliphatic rings. The minimum Gasteiger partial charge on any atom is -0.346 e. The van der Waals surface area contributed by atoms with Gasteiger partial charge in [0.1, 0.15) is 0 Å². The van der Waals surface area contributed by atoms with E-state index >= 15 is 0 Å². The fourth-order valence-corrected chi connectivity index (χ4v) is 4.89. The van der Waals surface area contributed by atoms with Gasteiger partial charge >= 0.3 is 0 Å². The number of hydrogen-bond acceptors (Lipinski definition) is 0. The van der Waals surface area contributed by atoms with Crippen molar-refractivity contribution >= 4 is 0 Å². The maximum atomic E-state index is 3.25. The zero-order valence-electron chi connectivity index (χ0n) is 20.6. The van der Waals surface area contributed by atoms with Gasteiger partial charge in [-0.1, -0.05) is 111 Å². The van der Waals surface area contributed by atoms with Crippen LogP contribution in [-0.4, -0.2) is 0 Å². The first-order valence-corrected chi connectivity index (χ1v) is 11.9. The molecule has 0 nitrogen and oxygen atoms in total. The second kappa shape index (κ2) is 21.8. The van der Waals surface area contributed by atoms with E-state index in [1.807, 2.05) is 0 Å². The summed E-state index contributed by atoms with van der Waals surface area (Å²) in [4.78, 5) is 0. The van der Waals surface area contributed by atoms with Crippen LogP contribution < -0.4 is 0 Å². The van der Waals surface area contributed by atoms with Gasteiger partial charge < -0.3 is 13.3 Å². The Balaban J connectivity index is -0.00000185. The van der Waals surface area contributed by atoms with Crippen molar-refractivity contribution in [3.8, 4) is 0 Å². The van der Waals surface area contributed by atoms with Crippen molar-refractivity contribution in [3.63, 3.8) is 0 Å². The third-order valence-electron chi connectivity index (χ3n) is 6.22. The Kier molecular flexibility index (Phi) is 26.4. The van der Waals surface area contributed by atoms with Crippen molar-refractivity contribution in [2.75, 3.05) is 0 Å². The summed E-state index contributed by atoms with van der Waals surface area (Å²) in [6.07, 6.45) is 19.2. The first-order valence-electron chi connectivity index (χ1n) is 11.9. The van der Waals surface area contributed by atoms with Gasteiger partial charge in [-0.3, -0.25) is 0 Å². The summed E-state index contributed by atoms with van der Waals surface area (Å²) in [5.41, 5.74) is 0.539. The van der Waals surface area contributed by atoms with Gasteiger partial charge in [-0.15, -0.1) is 0 Å². The second-order valence-electron chi connectivity index (χ2n) is 9.02. The number of unbranched alkanes of at least 4 members (excludes halogenated alkanes) is 1. The van der Waals surface area contributed by atoms with E-state index in [-0.39, 0.29) is 32.3 Å². The van der Waals surface area contributed by atoms with E-state index in [9.17, 15) is 0 Å². The van der Waals surface area contributed by atoms with Crippen molar-refractivity contribution < 1.29 is 32.3 Å². The molecule has 0 saturated heterocycles. The van der Waals surface area contributed by atoms with Crippen LogP contribution in [0.2, 0.25) is 0 Å². The van der Waals surface area contributed by atoms with Crippen LogP contribution in [0.4, 0.5) is 0 Å². The molecule has 0 aromatic carbocycles. The summed E-state index contributed by atoms with van der Waals surface area (Å²) >= 11 is 0. The van der Waals surface area contributed by atoms with Crippen molar-refractivity contribution in [3.05, 3.63) is 13.3 Å². The van der Waals surface area contributed by atoms with Gasteiger partial charge in [0, 0.05) is 32.3 Å². The molecule has 0 aromatic heterocycles. The van der Waals surface area contributed by atoms with Crippen LogP contribution in [0.1, 0.15) is 132 Å². The molecule has 4 unspecified atom stereocenters. The molecule has 0 aliphatic carbocycles. The molecular formula is C26H54Pa-2. The SMILES string of the molecule is C[CH-]CC(C)(CCC)C(CCC)CCCC(C)CC(C)CCCC.[CH2-]C.[Pa]. The molecule has 1 radical (unpaired) electrons. The fraction of sp³-hybridized carbons (Fsp3) is 0.923. The molecule has 0 rings (SSSR count). The van der Waals surface area contributed by atoms with Crippen LogP contribution in [0, 0.1) is 68.8 Å². The molecule has 0 amide bonds. The average Bonchev–Trinajstić information content (AvgIpc) is 2.61. The minimum atomic E-state index is 0. The zero-order valence-corrected chi connectivity index (χ0v) is 25.4. The second-order valence-corrected chi connectivity index (χ2v) is 9.02. The van der Waals surface area contributed by atoms with Crippen LogP contribution in [0.3, 0.4) is 0 Å². The average molecular weight is 598 g/mol. The molecule has 0 heterocycles.